The summed E-state index contributed by atoms with van der Waals surface area (Å²) in [6.07, 6.45) is 5.19. The van der Waals surface area contributed by atoms with Gasteiger partial charge in [0.2, 0.25) is 0 Å². The molecule has 5 rings (SSSR count). The number of nitrogens with zero attached hydrogens (tertiary/aromatic N) is 6. The molecule has 1 N–H and O–H groups in total. The van der Waals surface area contributed by atoms with E-state index < -0.39 is 0 Å². The molecule has 4 aromatic rings. The fraction of sp³-hybridized carbons (Fsp3) is 0.182. The van der Waals surface area contributed by atoms with Crippen molar-refractivity contribution < 1.29 is 0 Å². The zero-order chi connectivity index (χ0) is 21.5. The van der Waals surface area contributed by atoms with Crippen molar-refractivity contribution in [2.45, 2.75) is 25.9 Å². The lowest BCUT2D eigenvalue weighted by molar-refractivity contribution is 0.557. The van der Waals surface area contributed by atoms with Crippen molar-refractivity contribution in [2.75, 3.05) is 4.90 Å². The predicted octanol–water partition coefficient (Wildman–Crippen LogP) is 4.23. The largest absolute Gasteiger partial charge is 0.351 e. The van der Waals surface area contributed by atoms with Gasteiger partial charge in [0.15, 0.2) is 5.11 Å². The van der Waals surface area contributed by atoms with Crippen LogP contribution in [0, 0.1) is 13.8 Å². The van der Waals surface area contributed by atoms with Gasteiger partial charge in [-0.2, -0.15) is 0 Å². The highest BCUT2D eigenvalue weighted by Crippen LogP contribution is 2.43. The Morgan fingerprint density at radius 3 is 2.45 bits per heavy atom. The third-order valence-corrected chi connectivity index (χ3v) is 6.16. The molecule has 31 heavy (non-hydrogen) atoms. The van der Waals surface area contributed by atoms with Crippen LogP contribution in [0.4, 0.5) is 5.69 Å². The number of anilines is 1. The van der Waals surface area contributed by atoms with Crippen molar-refractivity contribution >= 4 is 34.6 Å². The molecule has 0 bridgehead atoms. The van der Waals surface area contributed by atoms with E-state index in [0.717, 1.165) is 28.3 Å². The lowest BCUT2D eigenvalue weighted by atomic mass is 9.96. The highest BCUT2D eigenvalue weighted by Gasteiger charge is 2.42. The fourth-order valence-corrected chi connectivity index (χ4v) is 4.75. The predicted molar refractivity (Wildman–Crippen MR) is 124 cm³/mol. The van der Waals surface area contributed by atoms with Crippen LogP contribution in [-0.2, 0) is 0 Å². The van der Waals surface area contributed by atoms with Crippen LogP contribution in [0.3, 0.4) is 0 Å². The summed E-state index contributed by atoms with van der Waals surface area (Å²) < 4.78 is 3.96. The highest BCUT2D eigenvalue weighted by molar-refractivity contribution is 7.80. The molecule has 1 saturated heterocycles. The second kappa shape index (κ2) is 7.79. The maximum absolute atomic E-state index is 6.14. The molecule has 0 amide bonds. The van der Waals surface area contributed by atoms with Gasteiger partial charge in [0.1, 0.15) is 12.7 Å². The first-order valence-corrected chi connectivity index (χ1v) is 10.6. The number of rotatable bonds is 4. The van der Waals surface area contributed by atoms with E-state index in [-0.39, 0.29) is 12.1 Å². The van der Waals surface area contributed by atoms with Gasteiger partial charge in [-0.1, -0.05) is 17.7 Å². The molecule has 1 fully saturated rings. The van der Waals surface area contributed by atoms with E-state index in [4.69, 9.17) is 23.8 Å². The van der Waals surface area contributed by atoms with Gasteiger partial charge in [-0.05, 0) is 68.5 Å². The standard InChI is InChI=1S/C22H20ClN7S/c1-14-11-18(15(2)30(14)28-12-25-26-13-28)21-20(19-5-3-4-10-24-19)27-22(31)29(21)17-8-6-16(23)7-9-17/h3-13,20-21H,1-2H3,(H,27,31). The molecule has 1 aliphatic heterocycles. The zero-order valence-corrected chi connectivity index (χ0v) is 18.5. The summed E-state index contributed by atoms with van der Waals surface area (Å²) in [5.41, 5.74) is 5.19. The Morgan fingerprint density at radius 2 is 1.77 bits per heavy atom. The van der Waals surface area contributed by atoms with Gasteiger partial charge >= 0.3 is 0 Å². The summed E-state index contributed by atoms with van der Waals surface area (Å²) in [7, 11) is 0. The molecule has 2 atom stereocenters. The topological polar surface area (TPSA) is 63.8 Å². The van der Waals surface area contributed by atoms with Crippen LogP contribution in [0.1, 0.15) is 34.7 Å². The molecule has 7 nitrogen and oxygen atoms in total. The third kappa shape index (κ3) is 3.37. The molecular formula is C22H20ClN7S. The first-order chi connectivity index (χ1) is 15.0. The first kappa shape index (κ1) is 19.7. The van der Waals surface area contributed by atoms with Crippen LogP contribution in [0.25, 0.3) is 0 Å². The van der Waals surface area contributed by atoms with Gasteiger partial charge in [0.05, 0.1) is 17.8 Å². The number of hydrogen-bond donors (Lipinski definition) is 1. The van der Waals surface area contributed by atoms with Crippen molar-refractivity contribution in [3.63, 3.8) is 0 Å². The quantitative estimate of drug-likeness (QED) is 0.470. The molecule has 1 aliphatic rings. The van der Waals surface area contributed by atoms with Crippen molar-refractivity contribution in [1.82, 2.24) is 29.9 Å². The minimum atomic E-state index is -0.112. The molecule has 2 unspecified atom stereocenters. The van der Waals surface area contributed by atoms with Crippen molar-refractivity contribution in [3.05, 3.63) is 95.1 Å². The van der Waals surface area contributed by atoms with E-state index in [0.29, 0.717) is 10.1 Å². The van der Waals surface area contributed by atoms with E-state index >= 15 is 0 Å². The number of thiocarbonyl (C=S) groups is 1. The number of nitrogens with one attached hydrogen (secondary N) is 1. The second-order valence-electron chi connectivity index (χ2n) is 7.45. The SMILES string of the molecule is Cc1cc(C2C(c3ccccn3)NC(=S)N2c2ccc(Cl)cc2)c(C)n1-n1cnnc1. The fourth-order valence-electron chi connectivity index (χ4n) is 4.28. The minimum absolute atomic E-state index is 0.0972. The van der Waals surface area contributed by atoms with E-state index in [1.165, 1.54) is 0 Å². The Kier molecular flexibility index (Phi) is 4.95. The average molecular weight is 450 g/mol. The van der Waals surface area contributed by atoms with E-state index in [1.54, 1.807) is 12.7 Å². The zero-order valence-electron chi connectivity index (χ0n) is 17.0. The Morgan fingerprint density at radius 1 is 1.03 bits per heavy atom. The molecule has 0 spiro atoms. The van der Waals surface area contributed by atoms with Crippen LogP contribution in [0.15, 0.2) is 67.4 Å². The average Bonchev–Trinajstić information content (AvgIpc) is 3.47. The van der Waals surface area contributed by atoms with Crippen LogP contribution in [0.2, 0.25) is 5.02 Å². The van der Waals surface area contributed by atoms with E-state index in [2.05, 4.69) is 50.0 Å². The van der Waals surface area contributed by atoms with Gasteiger partial charge in [-0.25, -0.2) is 4.68 Å². The Labute approximate surface area is 190 Å². The summed E-state index contributed by atoms with van der Waals surface area (Å²) in [6, 6.07) is 15.7. The molecule has 4 heterocycles. The molecule has 156 valence electrons. The molecule has 0 radical (unpaired) electrons. The van der Waals surface area contributed by atoms with Crippen LogP contribution in [0.5, 0.6) is 0 Å². The van der Waals surface area contributed by atoms with Crippen LogP contribution >= 0.6 is 23.8 Å². The number of aryl methyl sites for hydroxylation is 1. The summed E-state index contributed by atoms with van der Waals surface area (Å²) in [5, 5.41) is 12.7. The smallest absolute Gasteiger partial charge is 0.174 e. The van der Waals surface area contributed by atoms with E-state index in [1.807, 2.05) is 53.3 Å². The Hall–Kier alpha value is -3.23. The lowest BCUT2D eigenvalue weighted by Crippen LogP contribution is -2.29. The first-order valence-electron chi connectivity index (χ1n) is 9.85. The third-order valence-electron chi connectivity index (χ3n) is 5.59. The normalized spacial score (nSPS) is 18.4. The summed E-state index contributed by atoms with van der Waals surface area (Å²) in [6.45, 7) is 4.17. The number of hydrogen-bond acceptors (Lipinski definition) is 4. The van der Waals surface area contributed by atoms with Gasteiger partial charge in [0.25, 0.3) is 0 Å². The highest BCUT2D eigenvalue weighted by atomic mass is 35.5. The van der Waals surface area contributed by atoms with Crippen molar-refractivity contribution in [3.8, 4) is 0 Å². The van der Waals surface area contributed by atoms with Gasteiger partial charge in [-0.3, -0.25) is 9.66 Å². The summed E-state index contributed by atoms with van der Waals surface area (Å²) >= 11 is 11.9. The number of aromatic nitrogens is 5. The van der Waals surface area contributed by atoms with Gasteiger partial charge < -0.3 is 10.2 Å². The molecule has 0 saturated carbocycles. The monoisotopic (exact) mass is 449 g/mol. The van der Waals surface area contributed by atoms with E-state index in [9.17, 15) is 0 Å². The van der Waals surface area contributed by atoms with Gasteiger partial charge in [-0.15, -0.1) is 10.2 Å². The number of pyridine rings is 1. The second-order valence-corrected chi connectivity index (χ2v) is 8.28. The van der Waals surface area contributed by atoms with Gasteiger partial charge in [0, 0.05) is 33.9 Å². The number of halogens is 1. The molecular weight excluding hydrogens is 430 g/mol. The lowest BCUT2D eigenvalue weighted by Gasteiger charge is -2.28. The molecule has 3 aromatic heterocycles. The molecule has 1 aromatic carbocycles. The maximum Gasteiger partial charge on any atom is 0.174 e. The number of benzene rings is 1. The van der Waals surface area contributed by atoms with Crippen molar-refractivity contribution in [1.29, 1.82) is 0 Å². The molecule has 0 aliphatic carbocycles. The molecule has 9 heteroatoms. The van der Waals surface area contributed by atoms with Crippen LogP contribution < -0.4 is 10.2 Å². The maximum atomic E-state index is 6.14. The summed E-state index contributed by atoms with van der Waals surface area (Å²) in [5.74, 6) is 0. The van der Waals surface area contributed by atoms with Crippen LogP contribution in [-0.4, -0.2) is 29.6 Å². The summed E-state index contributed by atoms with van der Waals surface area (Å²) in [4.78, 5) is 6.76. The van der Waals surface area contributed by atoms with Crippen molar-refractivity contribution in [2.24, 2.45) is 0 Å². The minimum Gasteiger partial charge on any atom is -0.351 e. The Bertz CT molecular complexity index is 1220. The Balaban J connectivity index is 1.68.